The number of piperidine rings is 1. The third kappa shape index (κ3) is 4.86. The van der Waals surface area contributed by atoms with E-state index < -0.39 is 0 Å². The van der Waals surface area contributed by atoms with Gasteiger partial charge in [-0.25, -0.2) is 4.68 Å². The Labute approximate surface area is 170 Å². The average molecular weight is 391 g/mol. The summed E-state index contributed by atoms with van der Waals surface area (Å²) in [5, 5.41) is 8.25. The van der Waals surface area contributed by atoms with Gasteiger partial charge >= 0.3 is 0 Å². The van der Waals surface area contributed by atoms with E-state index in [1.807, 2.05) is 35.2 Å². The molecule has 1 amide bonds. The number of carbonyl (C=O) groups is 1. The third-order valence-electron chi connectivity index (χ3n) is 5.21. The number of benzene rings is 1. The lowest BCUT2D eigenvalue weighted by Crippen LogP contribution is -2.43. The summed E-state index contributed by atoms with van der Waals surface area (Å²) in [5.74, 6) is -0.0906. The molecule has 0 N–H and O–H groups in total. The number of amides is 1. The van der Waals surface area contributed by atoms with E-state index in [4.69, 9.17) is 4.74 Å². The Morgan fingerprint density at radius 2 is 2.07 bits per heavy atom. The number of hydrogen-bond acceptors (Lipinski definition) is 5. The molecule has 0 spiro atoms. The number of pyridine rings is 1. The zero-order chi connectivity index (χ0) is 20.1. The molecule has 3 aromatic rings. The van der Waals surface area contributed by atoms with E-state index in [1.165, 1.54) is 5.56 Å². The molecule has 29 heavy (non-hydrogen) atoms. The molecule has 1 aliphatic rings. The van der Waals surface area contributed by atoms with Crippen LogP contribution in [-0.2, 0) is 17.9 Å². The molecular weight excluding hydrogens is 366 g/mol. The maximum atomic E-state index is 12.9. The van der Waals surface area contributed by atoms with Gasteiger partial charge in [0, 0.05) is 19.3 Å². The predicted octanol–water partition coefficient (Wildman–Crippen LogP) is 2.85. The van der Waals surface area contributed by atoms with Gasteiger partial charge in [0.15, 0.2) is 5.69 Å². The van der Waals surface area contributed by atoms with Crippen molar-refractivity contribution in [3.8, 4) is 0 Å². The Balaban J connectivity index is 1.35. The smallest absolute Gasteiger partial charge is 0.276 e. The SMILES string of the molecule is Cc1ccccc1Cn1cc(C(=O)N2CCC[C@@H](OCc3ccccn3)C2)nn1. The highest BCUT2D eigenvalue weighted by atomic mass is 16.5. The number of nitrogens with zero attached hydrogens (tertiary/aromatic N) is 5. The number of ether oxygens (including phenoxy) is 1. The van der Waals surface area contributed by atoms with E-state index in [0.717, 1.165) is 24.1 Å². The van der Waals surface area contributed by atoms with Gasteiger partial charge in [-0.05, 0) is 43.0 Å². The third-order valence-corrected chi connectivity index (χ3v) is 5.21. The van der Waals surface area contributed by atoms with Gasteiger partial charge in [0.25, 0.3) is 5.91 Å². The van der Waals surface area contributed by atoms with Gasteiger partial charge in [0.2, 0.25) is 0 Å². The quantitative estimate of drug-likeness (QED) is 0.646. The van der Waals surface area contributed by atoms with E-state index in [-0.39, 0.29) is 12.0 Å². The van der Waals surface area contributed by atoms with Crippen LogP contribution in [0.3, 0.4) is 0 Å². The summed E-state index contributed by atoms with van der Waals surface area (Å²) in [6.45, 7) is 4.41. The summed E-state index contributed by atoms with van der Waals surface area (Å²) >= 11 is 0. The van der Waals surface area contributed by atoms with Crippen molar-refractivity contribution in [2.45, 2.75) is 39.0 Å². The van der Waals surface area contributed by atoms with E-state index in [2.05, 4.69) is 34.4 Å². The van der Waals surface area contributed by atoms with Crippen molar-refractivity contribution >= 4 is 5.91 Å². The Morgan fingerprint density at radius 3 is 2.90 bits per heavy atom. The first-order chi connectivity index (χ1) is 14.2. The van der Waals surface area contributed by atoms with Crippen LogP contribution in [0.15, 0.2) is 54.9 Å². The van der Waals surface area contributed by atoms with E-state index in [1.54, 1.807) is 17.1 Å². The van der Waals surface area contributed by atoms with Crippen LogP contribution in [0.25, 0.3) is 0 Å². The number of likely N-dealkylation sites (tertiary alicyclic amines) is 1. The van der Waals surface area contributed by atoms with Crippen LogP contribution in [0.2, 0.25) is 0 Å². The van der Waals surface area contributed by atoms with Crippen molar-refractivity contribution in [3.05, 3.63) is 77.4 Å². The molecule has 7 nitrogen and oxygen atoms in total. The highest BCUT2D eigenvalue weighted by Crippen LogP contribution is 2.17. The predicted molar refractivity (Wildman–Crippen MR) is 108 cm³/mol. The van der Waals surface area contributed by atoms with E-state index in [0.29, 0.717) is 31.9 Å². The zero-order valence-electron chi connectivity index (χ0n) is 16.6. The molecule has 1 atom stereocenters. The molecular formula is C22H25N5O2. The Hall–Kier alpha value is -3.06. The van der Waals surface area contributed by atoms with Crippen molar-refractivity contribution in [2.24, 2.45) is 0 Å². The van der Waals surface area contributed by atoms with Crippen molar-refractivity contribution in [1.29, 1.82) is 0 Å². The average Bonchev–Trinajstić information content (AvgIpc) is 3.23. The minimum absolute atomic E-state index is 0.0109. The first kappa shape index (κ1) is 19.3. The molecule has 1 saturated heterocycles. The van der Waals surface area contributed by atoms with Crippen LogP contribution in [0.1, 0.15) is 40.2 Å². The molecule has 3 heterocycles. The monoisotopic (exact) mass is 391 g/mol. The first-order valence-corrected chi connectivity index (χ1v) is 9.94. The highest BCUT2D eigenvalue weighted by Gasteiger charge is 2.26. The van der Waals surface area contributed by atoms with Crippen molar-refractivity contribution in [1.82, 2.24) is 24.9 Å². The lowest BCUT2D eigenvalue weighted by atomic mass is 10.1. The number of hydrogen-bond donors (Lipinski definition) is 0. The van der Waals surface area contributed by atoms with Gasteiger partial charge in [-0.3, -0.25) is 9.78 Å². The molecule has 0 saturated carbocycles. The van der Waals surface area contributed by atoms with Gasteiger partial charge in [0.1, 0.15) is 0 Å². The van der Waals surface area contributed by atoms with E-state index >= 15 is 0 Å². The summed E-state index contributed by atoms with van der Waals surface area (Å²) in [7, 11) is 0. The Kier molecular flexibility index (Phi) is 5.95. The molecule has 0 unspecified atom stereocenters. The van der Waals surface area contributed by atoms with E-state index in [9.17, 15) is 4.79 Å². The summed E-state index contributed by atoms with van der Waals surface area (Å²) in [6.07, 6.45) is 5.35. The molecule has 0 aliphatic carbocycles. The van der Waals surface area contributed by atoms with Gasteiger partial charge in [0.05, 0.1) is 31.1 Å². The van der Waals surface area contributed by atoms with Crippen molar-refractivity contribution in [2.75, 3.05) is 13.1 Å². The number of aryl methyl sites for hydroxylation is 1. The minimum atomic E-state index is -0.0906. The molecule has 150 valence electrons. The fourth-order valence-corrected chi connectivity index (χ4v) is 3.54. The molecule has 0 bridgehead atoms. The Bertz CT molecular complexity index is 957. The van der Waals surface area contributed by atoms with Crippen LogP contribution in [0.4, 0.5) is 0 Å². The van der Waals surface area contributed by atoms with Crippen LogP contribution in [-0.4, -0.2) is 50.0 Å². The summed E-state index contributed by atoms with van der Waals surface area (Å²) in [4.78, 5) is 19.0. The molecule has 0 radical (unpaired) electrons. The van der Waals surface area contributed by atoms with Crippen LogP contribution in [0, 0.1) is 6.92 Å². The standard InChI is InChI=1S/C22H25N5O2/c1-17-7-2-3-8-18(17)13-27-15-21(24-25-27)22(28)26-12-6-10-20(14-26)29-16-19-9-4-5-11-23-19/h2-5,7-9,11,15,20H,6,10,12-14,16H2,1H3/t20-/m1/s1. The molecule has 1 aliphatic heterocycles. The second kappa shape index (κ2) is 8.96. The largest absolute Gasteiger partial charge is 0.370 e. The van der Waals surface area contributed by atoms with Crippen LogP contribution < -0.4 is 0 Å². The first-order valence-electron chi connectivity index (χ1n) is 9.94. The van der Waals surface area contributed by atoms with Crippen molar-refractivity contribution < 1.29 is 9.53 Å². The zero-order valence-corrected chi connectivity index (χ0v) is 16.6. The second-order valence-electron chi connectivity index (χ2n) is 7.38. The van der Waals surface area contributed by atoms with Gasteiger partial charge in [-0.15, -0.1) is 5.10 Å². The number of rotatable bonds is 6. The van der Waals surface area contributed by atoms with Gasteiger partial charge < -0.3 is 9.64 Å². The number of aromatic nitrogens is 4. The molecule has 2 aromatic heterocycles. The number of carbonyl (C=O) groups excluding carboxylic acids is 1. The van der Waals surface area contributed by atoms with Crippen LogP contribution in [0.5, 0.6) is 0 Å². The normalized spacial score (nSPS) is 16.7. The lowest BCUT2D eigenvalue weighted by molar-refractivity contribution is -0.00801. The molecule has 1 aromatic carbocycles. The second-order valence-corrected chi connectivity index (χ2v) is 7.38. The van der Waals surface area contributed by atoms with Gasteiger partial charge in [-0.1, -0.05) is 35.5 Å². The fourth-order valence-electron chi connectivity index (χ4n) is 3.54. The lowest BCUT2D eigenvalue weighted by Gasteiger charge is -2.32. The minimum Gasteiger partial charge on any atom is -0.370 e. The highest BCUT2D eigenvalue weighted by molar-refractivity contribution is 5.92. The molecule has 1 fully saturated rings. The van der Waals surface area contributed by atoms with Gasteiger partial charge in [-0.2, -0.15) is 0 Å². The Morgan fingerprint density at radius 1 is 1.21 bits per heavy atom. The summed E-state index contributed by atoms with van der Waals surface area (Å²) in [5.41, 5.74) is 3.64. The van der Waals surface area contributed by atoms with Crippen LogP contribution >= 0.6 is 0 Å². The molecule has 7 heteroatoms. The maximum Gasteiger partial charge on any atom is 0.276 e. The fraction of sp³-hybridized carbons (Fsp3) is 0.364. The maximum absolute atomic E-state index is 12.9. The molecule has 4 rings (SSSR count). The summed E-state index contributed by atoms with van der Waals surface area (Å²) in [6, 6.07) is 13.9. The topological polar surface area (TPSA) is 73.1 Å². The van der Waals surface area contributed by atoms with Crippen molar-refractivity contribution in [3.63, 3.8) is 0 Å². The summed E-state index contributed by atoms with van der Waals surface area (Å²) < 4.78 is 7.70.